The van der Waals surface area contributed by atoms with E-state index in [0.29, 0.717) is 41.4 Å². The van der Waals surface area contributed by atoms with Gasteiger partial charge in [-0.1, -0.05) is 59.7 Å². The van der Waals surface area contributed by atoms with Crippen molar-refractivity contribution in [2.75, 3.05) is 27.4 Å². The van der Waals surface area contributed by atoms with Gasteiger partial charge < -0.3 is 24.1 Å². The lowest BCUT2D eigenvalue weighted by molar-refractivity contribution is -0.130. The standard InChI is InChI=1S/C36H38N6O6/c1-45-31-13-7-12-26(21-31)33-36(22-27-9-3-4-10-28(27)23-39-42-37,35(44)41-38-24-29-11-5-6-14-32(29)46-2)40-34(48-33)25-15-17-30(18-16-25)47-20-8-19-43/h3-7,9-18,21,33,38,43H,8,19-20,22-24H2,1-2H3,(H,41,44)/t33-,36-/m0/s1. The molecule has 2 atom stereocenters. The van der Waals surface area contributed by atoms with E-state index in [1.165, 1.54) is 0 Å². The zero-order chi connectivity index (χ0) is 33.8. The molecular formula is C36H38N6O6. The Kier molecular flexibility index (Phi) is 11.5. The van der Waals surface area contributed by atoms with Gasteiger partial charge >= 0.3 is 0 Å². The molecular weight excluding hydrogens is 612 g/mol. The van der Waals surface area contributed by atoms with Crippen molar-refractivity contribution in [1.29, 1.82) is 0 Å². The molecule has 48 heavy (non-hydrogen) atoms. The van der Waals surface area contributed by atoms with Crippen LogP contribution in [0.4, 0.5) is 0 Å². The van der Waals surface area contributed by atoms with Crippen LogP contribution in [0.25, 0.3) is 10.4 Å². The minimum absolute atomic E-state index is 0.0400. The molecule has 0 unspecified atom stereocenters. The fourth-order valence-electron chi connectivity index (χ4n) is 5.55. The quantitative estimate of drug-likeness (QED) is 0.0468. The average Bonchev–Trinajstić information content (AvgIpc) is 3.52. The molecule has 5 rings (SSSR count). The monoisotopic (exact) mass is 650 g/mol. The number of methoxy groups -OCH3 is 2. The van der Waals surface area contributed by atoms with Gasteiger partial charge in [0.25, 0.3) is 5.91 Å². The Morgan fingerprint density at radius 3 is 2.44 bits per heavy atom. The number of para-hydroxylation sites is 1. The second-order valence-electron chi connectivity index (χ2n) is 11.0. The summed E-state index contributed by atoms with van der Waals surface area (Å²) in [5, 5.41) is 12.9. The van der Waals surface area contributed by atoms with Gasteiger partial charge in [0.15, 0.2) is 11.6 Å². The third-order valence-corrected chi connectivity index (χ3v) is 7.98. The number of rotatable bonds is 16. The Hall–Kier alpha value is -5.55. The number of hydrogen-bond acceptors (Lipinski definition) is 9. The summed E-state index contributed by atoms with van der Waals surface area (Å²) in [5.41, 5.74) is 17.2. The summed E-state index contributed by atoms with van der Waals surface area (Å²) in [6.07, 6.45) is -0.229. The SMILES string of the molecule is COc1cccc([C@@H]2OC(c3ccc(OCCCO)cc3)=N[C@]2(Cc2ccccc2CN=[N+]=[N-])C(=O)NNCc2ccccc2OC)c1. The molecule has 0 aliphatic carbocycles. The Morgan fingerprint density at radius 2 is 1.71 bits per heavy atom. The second kappa shape index (κ2) is 16.3. The number of azide groups is 1. The van der Waals surface area contributed by atoms with Crippen molar-refractivity contribution in [3.8, 4) is 17.2 Å². The molecule has 0 radical (unpaired) electrons. The van der Waals surface area contributed by atoms with E-state index < -0.39 is 17.6 Å². The van der Waals surface area contributed by atoms with Crippen LogP contribution in [0, 0.1) is 0 Å². The minimum Gasteiger partial charge on any atom is -0.497 e. The number of hydrazine groups is 1. The molecule has 3 N–H and O–H groups in total. The molecule has 12 nitrogen and oxygen atoms in total. The number of nitrogens with one attached hydrogen (secondary N) is 2. The number of nitrogens with zero attached hydrogens (tertiary/aromatic N) is 4. The van der Waals surface area contributed by atoms with E-state index in [2.05, 4.69) is 20.9 Å². The van der Waals surface area contributed by atoms with Crippen molar-refractivity contribution in [2.45, 2.75) is 37.6 Å². The number of carbonyl (C=O) groups excluding carboxylic acids is 1. The van der Waals surface area contributed by atoms with Gasteiger partial charge in [-0.05, 0) is 64.7 Å². The highest BCUT2D eigenvalue weighted by Crippen LogP contribution is 2.43. The van der Waals surface area contributed by atoms with E-state index in [1.54, 1.807) is 26.4 Å². The van der Waals surface area contributed by atoms with Crippen LogP contribution in [0.1, 0.15) is 40.3 Å². The number of aliphatic hydroxyl groups excluding tert-OH is 1. The first-order valence-corrected chi connectivity index (χ1v) is 15.5. The fraction of sp³-hybridized carbons (Fsp3) is 0.278. The molecule has 0 fully saturated rings. The van der Waals surface area contributed by atoms with Crippen LogP contribution in [0.15, 0.2) is 107 Å². The Morgan fingerprint density at radius 1 is 0.958 bits per heavy atom. The number of amides is 1. The number of hydrogen-bond donors (Lipinski definition) is 3. The number of aliphatic imine (C=N–C) groups is 1. The Labute approximate surface area is 278 Å². The molecule has 4 aromatic rings. The molecule has 1 amide bonds. The van der Waals surface area contributed by atoms with Crippen LogP contribution in [0.2, 0.25) is 0 Å². The largest absolute Gasteiger partial charge is 0.497 e. The highest BCUT2D eigenvalue weighted by atomic mass is 16.5. The molecule has 0 saturated heterocycles. The Balaban J connectivity index is 1.57. The lowest BCUT2D eigenvalue weighted by Crippen LogP contribution is -2.53. The topological polar surface area (TPSA) is 159 Å². The number of aliphatic hydroxyl groups is 1. The van der Waals surface area contributed by atoms with Crippen molar-refractivity contribution in [3.63, 3.8) is 0 Å². The van der Waals surface area contributed by atoms with Gasteiger partial charge in [0.05, 0.1) is 27.4 Å². The van der Waals surface area contributed by atoms with Crippen LogP contribution in [0.5, 0.6) is 17.2 Å². The lowest BCUT2D eigenvalue weighted by atomic mass is 9.81. The molecule has 0 bridgehead atoms. The maximum atomic E-state index is 14.6. The van der Waals surface area contributed by atoms with Crippen molar-refractivity contribution >= 4 is 11.8 Å². The van der Waals surface area contributed by atoms with Gasteiger partial charge in [-0.3, -0.25) is 10.2 Å². The van der Waals surface area contributed by atoms with Gasteiger partial charge in [0, 0.05) is 42.0 Å². The molecule has 12 heteroatoms. The van der Waals surface area contributed by atoms with E-state index in [-0.39, 0.29) is 32.0 Å². The predicted molar refractivity (Wildman–Crippen MR) is 181 cm³/mol. The van der Waals surface area contributed by atoms with Gasteiger partial charge in [-0.15, -0.1) is 0 Å². The van der Waals surface area contributed by atoms with Crippen molar-refractivity contribution in [3.05, 3.63) is 135 Å². The zero-order valence-corrected chi connectivity index (χ0v) is 26.8. The first kappa shape index (κ1) is 33.8. The summed E-state index contributed by atoms with van der Waals surface area (Å²) in [6.45, 7) is 0.817. The normalized spacial score (nSPS) is 16.6. The molecule has 1 heterocycles. The third-order valence-electron chi connectivity index (χ3n) is 7.98. The van der Waals surface area contributed by atoms with Gasteiger partial charge in [-0.2, -0.15) is 0 Å². The summed E-state index contributed by atoms with van der Waals surface area (Å²) in [5.74, 6) is 1.76. The number of ether oxygens (including phenoxy) is 4. The fourth-order valence-corrected chi connectivity index (χ4v) is 5.55. The van der Waals surface area contributed by atoms with Crippen molar-refractivity contribution in [1.82, 2.24) is 10.9 Å². The molecule has 4 aromatic carbocycles. The summed E-state index contributed by atoms with van der Waals surface area (Å²) < 4.78 is 23.4. The third kappa shape index (κ3) is 7.87. The van der Waals surface area contributed by atoms with Gasteiger partial charge in [0.1, 0.15) is 17.2 Å². The number of benzene rings is 4. The maximum absolute atomic E-state index is 14.6. The highest BCUT2D eigenvalue weighted by Gasteiger charge is 2.53. The molecule has 0 spiro atoms. The molecule has 1 aliphatic rings. The van der Waals surface area contributed by atoms with E-state index in [4.69, 9.17) is 34.6 Å². The Bertz CT molecular complexity index is 1780. The predicted octanol–water partition coefficient (Wildman–Crippen LogP) is 5.60. The van der Waals surface area contributed by atoms with E-state index in [9.17, 15) is 4.79 Å². The van der Waals surface area contributed by atoms with E-state index >= 15 is 0 Å². The molecule has 0 aromatic heterocycles. The number of carbonyl (C=O) groups is 1. The maximum Gasteiger partial charge on any atom is 0.266 e. The summed E-state index contributed by atoms with van der Waals surface area (Å²) in [6, 6.07) is 29.6. The molecule has 248 valence electrons. The van der Waals surface area contributed by atoms with E-state index in [0.717, 1.165) is 16.7 Å². The lowest BCUT2D eigenvalue weighted by Gasteiger charge is -2.31. The van der Waals surface area contributed by atoms with Crippen LogP contribution < -0.4 is 25.1 Å². The van der Waals surface area contributed by atoms with Crippen LogP contribution in [-0.2, 0) is 29.0 Å². The summed E-state index contributed by atoms with van der Waals surface area (Å²) in [4.78, 5) is 22.6. The first-order chi connectivity index (χ1) is 23.5. The first-order valence-electron chi connectivity index (χ1n) is 15.5. The van der Waals surface area contributed by atoms with Gasteiger partial charge in [0.2, 0.25) is 5.90 Å². The van der Waals surface area contributed by atoms with Crippen LogP contribution >= 0.6 is 0 Å². The molecule has 1 aliphatic heterocycles. The average molecular weight is 651 g/mol. The minimum atomic E-state index is -1.52. The summed E-state index contributed by atoms with van der Waals surface area (Å²) >= 11 is 0. The molecule has 0 saturated carbocycles. The van der Waals surface area contributed by atoms with Gasteiger partial charge in [-0.25, -0.2) is 10.4 Å². The second-order valence-corrected chi connectivity index (χ2v) is 11.0. The van der Waals surface area contributed by atoms with Crippen molar-refractivity contribution in [2.24, 2.45) is 10.1 Å². The van der Waals surface area contributed by atoms with Crippen molar-refractivity contribution < 1.29 is 28.8 Å². The summed E-state index contributed by atoms with van der Waals surface area (Å²) in [7, 11) is 3.17. The van der Waals surface area contributed by atoms with E-state index in [1.807, 2.05) is 84.9 Å². The smallest absolute Gasteiger partial charge is 0.266 e. The zero-order valence-electron chi connectivity index (χ0n) is 26.8. The van der Waals surface area contributed by atoms with Crippen LogP contribution in [-0.4, -0.2) is 49.9 Å². The highest BCUT2D eigenvalue weighted by molar-refractivity contribution is 6.01. The van der Waals surface area contributed by atoms with Crippen LogP contribution in [0.3, 0.4) is 0 Å².